The van der Waals surface area contributed by atoms with Gasteiger partial charge in [0, 0.05) is 6.42 Å². The Bertz CT molecular complexity index is 1150. The molecule has 0 fully saturated rings. The summed E-state index contributed by atoms with van der Waals surface area (Å²) in [5.41, 5.74) is 1.12. The second-order valence-electron chi connectivity index (χ2n) is 7.35. The summed E-state index contributed by atoms with van der Waals surface area (Å²) < 4.78 is 39.8. The van der Waals surface area contributed by atoms with E-state index in [0.29, 0.717) is 16.8 Å². The van der Waals surface area contributed by atoms with Crippen molar-refractivity contribution in [3.63, 3.8) is 0 Å². The number of amides is 1. The van der Waals surface area contributed by atoms with Crippen LogP contribution in [0.3, 0.4) is 0 Å². The van der Waals surface area contributed by atoms with Gasteiger partial charge in [0.05, 0.1) is 29.4 Å². The summed E-state index contributed by atoms with van der Waals surface area (Å²) in [6.45, 7) is 5.44. The van der Waals surface area contributed by atoms with Crippen molar-refractivity contribution in [2.24, 2.45) is 0 Å². The molecule has 2 N–H and O–H groups in total. The molecule has 0 aliphatic carbocycles. The van der Waals surface area contributed by atoms with Crippen LogP contribution < -0.4 is 5.32 Å². The first-order valence-electron chi connectivity index (χ1n) is 9.93. The number of benzene rings is 2. The van der Waals surface area contributed by atoms with E-state index < -0.39 is 29.7 Å². The molecule has 0 aliphatic rings. The van der Waals surface area contributed by atoms with Crippen LogP contribution in [0.25, 0.3) is 0 Å². The number of aromatic nitrogens is 3. The summed E-state index contributed by atoms with van der Waals surface area (Å²) in [7, 11) is 0. The maximum atomic E-state index is 13.1. The largest absolute Gasteiger partial charge is 0.478 e. The van der Waals surface area contributed by atoms with Gasteiger partial charge in [-0.25, -0.2) is 9.48 Å². The molecule has 1 amide bonds. The molecule has 0 bridgehead atoms. The number of carbonyl (C=O) groups is 2. The fourth-order valence-corrected chi connectivity index (χ4v) is 3.22. The number of hydrogen-bond donors (Lipinski definition) is 2. The molecule has 33 heavy (non-hydrogen) atoms. The molecule has 1 aromatic heterocycles. The van der Waals surface area contributed by atoms with Crippen LogP contribution in [0.1, 0.15) is 56.2 Å². The monoisotopic (exact) mass is 458 g/mol. The number of nitrogens with one attached hydrogen (secondary N) is 1. The minimum absolute atomic E-state index is 0.0483. The number of aromatic carboxylic acids is 1. The fourth-order valence-electron chi connectivity index (χ4n) is 3.22. The van der Waals surface area contributed by atoms with E-state index in [2.05, 4.69) is 22.2 Å². The van der Waals surface area contributed by atoms with E-state index in [4.69, 9.17) is 5.11 Å². The Morgan fingerprint density at radius 1 is 1.15 bits per heavy atom. The lowest BCUT2D eigenvalue weighted by atomic mass is 10.1. The van der Waals surface area contributed by atoms with Gasteiger partial charge in [0.1, 0.15) is 5.69 Å². The molecule has 0 saturated carbocycles. The van der Waals surface area contributed by atoms with Gasteiger partial charge in [0.25, 0.3) is 5.91 Å². The molecule has 1 heterocycles. The number of hydrogen-bond acceptors (Lipinski definition) is 4. The van der Waals surface area contributed by atoms with E-state index >= 15 is 0 Å². The Kier molecular flexibility index (Phi) is 6.95. The van der Waals surface area contributed by atoms with Crippen molar-refractivity contribution < 1.29 is 27.9 Å². The van der Waals surface area contributed by atoms with E-state index in [-0.39, 0.29) is 24.2 Å². The average Bonchev–Trinajstić information content (AvgIpc) is 3.16. The number of allylic oxidation sites excluding steroid dienone is 1. The normalized spacial score (nSPS) is 12.2. The molecule has 0 spiro atoms. The average molecular weight is 458 g/mol. The van der Waals surface area contributed by atoms with E-state index in [1.165, 1.54) is 28.9 Å². The Morgan fingerprint density at radius 3 is 2.33 bits per heavy atom. The van der Waals surface area contributed by atoms with Gasteiger partial charge >= 0.3 is 12.1 Å². The number of carbonyl (C=O) groups excluding carboxylic acids is 1. The highest BCUT2D eigenvalue weighted by atomic mass is 19.4. The minimum Gasteiger partial charge on any atom is -0.478 e. The lowest BCUT2D eigenvalue weighted by molar-refractivity contribution is -0.137. The second kappa shape index (κ2) is 9.68. The summed E-state index contributed by atoms with van der Waals surface area (Å²) in [6, 6.07) is 10.2. The van der Waals surface area contributed by atoms with Crippen LogP contribution in [-0.2, 0) is 19.1 Å². The summed E-state index contributed by atoms with van der Waals surface area (Å²) in [4.78, 5) is 24.1. The molecule has 3 aromatic rings. The molecule has 10 heteroatoms. The van der Waals surface area contributed by atoms with Crippen molar-refractivity contribution in [1.82, 2.24) is 20.3 Å². The van der Waals surface area contributed by atoms with Gasteiger partial charge in [0.2, 0.25) is 0 Å². The molecule has 172 valence electrons. The lowest BCUT2D eigenvalue weighted by Crippen LogP contribution is -2.30. The molecule has 3 rings (SSSR count). The zero-order valence-electron chi connectivity index (χ0n) is 17.6. The molecule has 0 unspecified atom stereocenters. The van der Waals surface area contributed by atoms with Crippen LogP contribution in [-0.4, -0.2) is 32.0 Å². The number of alkyl halides is 3. The third-order valence-electron chi connectivity index (χ3n) is 4.98. The highest BCUT2D eigenvalue weighted by molar-refractivity contribution is 5.94. The topological polar surface area (TPSA) is 97.1 Å². The van der Waals surface area contributed by atoms with Gasteiger partial charge in [-0.2, -0.15) is 13.2 Å². The standard InChI is InChI=1S/C23H21F3N4O3/c1-3-4-19-20(21(31)27-14(2)16-7-9-17(10-8-16)22(32)33)30(29-28-19)13-15-5-11-18(12-6-15)23(24,25)26/h3,5-12,14H,1,4,13H2,2H3,(H,27,31)(H,32,33)/t14-/m0/s1. The minimum atomic E-state index is -4.44. The van der Waals surface area contributed by atoms with Crippen LogP contribution in [0.15, 0.2) is 61.2 Å². The quantitative estimate of drug-likeness (QED) is 0.492. The zero-order valence-corrected chi connectivity index (χ0v) is 17.6. The van der Waals surface area contributed by atoms with Crippen molar-refractivity contribution in [3.8, 4) is 0 Å². The molecular weight excluding hydrogens is 437 g/mol. The number of carboxylic acid groups (broad SMARTS) is 1. The number of nitrogens with zero attached hydrogens (tertiary/aromatic N) is 3. The van der Waals surface area contributed by atoms with Crippen molar-refractivity contribution in [2.75, 3.05) is 0 Å². The smallest absolute Gasteiger partial charge is 0.416 e. The van der Waals surface area contributed by atoms with Crippen molar-refractivity contribution in [1.29, 1.82) is 0 Å². The summed E-state index contributed by atoms with van der Waals surface area (Å²) in [5, 5.41) is 19.9. The predicted molar refractivity (Wildman–Crippen MR) is 114 cm³/mol. The number of rotatable bonds is 8. The Hall–Kier alpha value is -3.95. The summed E-state index contributed by atoms with van der Waals surface area (Å²) in [5.74, 6) is -1.52. The van der Waals surface area contributed by atoms with E-state index in [1.54, 1.807) is 25.1 Å². The molecule has 2 aromatic carbocycles. The number of halogens is 3. The zero-order chi connectivity index (χ0) is 24.2. The Balaban J connectivity index is 1.82. The molecule has 1 atom stereocenters. The third-order valence-corrected chi connectivity index (χ3v) is 4.98. The van der Waals surface area contributed by atoms with Gasteiger partial charge in [-0.1, -0.05) is 35.6 Å². The molecule has 0 aliphatic heterocycles. The first kappa shape index (κ1) is 23.7. The van der Waals surface area contributed by atoms with E-state index in [1.807, 2.05) is 0 Å². The molecule has 7 nitrogen and oxygen atoms in total. The molecular formula is C23H21F3N4O3. The predicted octanol–water partition coefficient (Wildman–Crippen LogP) is 4.26. The van der Waals surface area contributed by atoms with Gasteiger partial charge in [-0.3, -0.25) is 4.79 Å². The fraction of sp³-hybridized carbons (Fsp3) is 0.217. The molecule has 0 radical (unpaired) electrons. The summed E-state index contributed by atoms with van der Waals surface area (Å²) in [6.07, 6.45) is -2.60. The van der Waals surface area contributed by atoms with Crippen LogP contribution in [0, 0.1) is 0 Å². The van der Waals surface area contributed by atoms with Gasteiger partial charge in [-0.05, 0) is 42.3 Å². The Morgan fingerprint density at radius 2 is 1.79 bits per heavy atom. The highest BCUT2D eigenvalue weighted by Crippen LogP contribution is 2.29. The SMILES string of the molecule is C=CCc1nnn(Cc2ccc(C(F)(F)F)cc2)c1C(=O)N[C@@H](C)c1ccc(C(=O)O)cc1. The maximum Gasteiger partial charge on any atom is 0.416 e. The Labute approximate surface area is 187 Å². The maximum absolute atomic E-state index is 13.1. The summed E-state index contributed by atoms with van der Waals surface area (Å²) >= 11 is 0. The second-order valence-corrected chi connectivity index (χ2v) is 7.35. The van der Waals surface area contributed by atoms with E-state index in [0.717, 1.165) is 12.1 Å². The van der Waals surface area contributed by atoms with Gasteiger partial charge in [0.15, 0.2) is 0 Å². The van der Waals surface area contributed by atoms with Crippen LogP contribution >= 0.6 is 0 Å². The first-order valence-corrected chi connectivity index (χ1v) is 9.93. The molecule has 0 saturated heterocycles. The highest BCUT2D eigenvalue weighted by Gasteiger charge is 2.30. The number of carboxylic acids is 1. The third kappa shape index (κ3) is 5.65. The van der Waals surface area contributed by atoms with Crippen molar-refractivity contribution >= 4 is 11.9 Å². The van der Waals surface area contributed by atoms with Crippen LogP contribution in [0.5, 0.6) is 0 Å². The van der Waals surface area contributed by atoms with Crippen LogP contribution in [0.4, 0.5) is 13.2 Å². The first-order chi connectivity index (χ1) is 15.6. The van der Waals surface area contributed by atoms with Gasteiger partial charge in [-0.15, -0.1) is 11.7 Å². The van der Waals surface area contributed by atoms with E-state index in [9.17, 15) is 22.8 Å². The van der Waals surface area contributed by atoms with Crippen LogP contribution in [0.2, 0.25) is 0 Å². The van der Waals surface area contributed by atoms with Crippen molar-refractivity contribution in [2.45, 2.75) is 32.1 Å². The van der Waals surface area contributed by atoms with Gasteiger partial charge < -0.3 is 10.4 Å². The van der Waals surface area contributed by atoms with Crippen molar-refractivity contribution in [3.05, 3.63) is 94.8 Å². The lowest BCUT2D eigenvalue weighted by Gasteiger charge is -2.16.